The summed E-state index contributed by atoms with van der Waals surface area (Å²) in [6.45, 7) is 5.19. The van der Waals surface area contributed by atoms with Crippen molar-refractivity contribution in [3.05, 3.63) is 53.2 Å². The van der Waals surface area contributed by atoms with E-state index in [0.717, 1.165) is 25.1 Å². The molecule has 0 atom stereocenters. The number of rotatable bonds is 3. The Morgan fingerprint density at radius 1 is 1.36 bits per heavy atom. The first-order valence-corrected chi connectivity index (χ1v) is 7.70. The van der Waals surface area contributed by atoms with Gasteiger partial charge in [-0.1, -0.05) is 17.7 Å². The largest absolute Gasteiger partial charge is 0.477 e. The molecule has 4 nitrogen and oxygen atoms in total. The number of pyridine rings is 1. The van der Waals surface area contributed by atoms with E-state index in [1.165, 1.54) is 11.1 Å². The first-order valence-electron chi connectivity index (χ1n) is 7.70. The van der Waals surface area contributed by atoms with E-state index in [2.05, 4.69) is 24.0 Å². The van der Waals surface area contributed by atoms with Crippen LogP contribution in [0.5, 0.6) is 5.88 Å². The first-order chi connectivity index (χ1) is 10.7. The third-order valence-corrected chi connectivity index (χ3v) is 3.88. The Bertz CT molecular complexity index is 697. The molecule has 0 fully saturated rings. The van der Waals surface area contributed by atoms with Crippen molar-refractivity contribution in [3.63, 3.8) is 0 Å². The van der Waals surface area contributed by atoms with Crippen molar-refractivity contribution in [2.75, 3.05) is 18.1 Å². The van der Waals surface area contributed by atoms with E-state index in [1.54, 1.807) is 18.3 Å². The van der Waals surface area contributed by atoms with Gasteiger partial charge in [0.05, 0.1) is 6.61 Å². The summed E-state index contributed by atoms with van der Waals surface area (Å²) in [7, 11) is 0. The lowest BCUT2D eigenvalue weighted by Crippen LogP contribution is -2.35. The lowest BCUT2D eigenvalue weighted by atomic mass is 9.99. The second kappa shape index (κ2) is 6.18. The monoisotopic (exact) mass is 296 g/mol. The molecule has 0 spiro atoms. The van der Waals surface area contributed by atoms with E-state index in [-0.39, 0.29) is 5.91 Å². The summed E-state index contributed by atoms with van der Waals surface area (Å²) in [4.78, 5) is 19.0. The quantitative estimate of drug-likeness (QED) is 0.872. The van der Waals surface area contributed by atoms with Gasteiger partial charge in [-0.2, -0.15) is 0 Å². The van der Waals surface area contributed by atoms with Crippen molar-refractivity contribution < 1.29 is 9.53 Å². The number of aryl methyl sites for hydroxylation is 2. The summed E-state index contributed by atoms with van der Waals surface area (Å²) in [6.07, 6.45) is 3.65. The maximum Gasteiger partial charge on any atom is 0.263 e. The molecule has 114 valence electrons. The molecule has 3 rings (SSSR count). The average molecular weight is 296 g/mol. The second-order valence-corrected chi connectivity index (χ2v) is 5.48. The number of carbonyl (C=O) groups is 1. The van der Waals surface area contributed by atoms with Gasteiger partial charge in [-0.25, -0.2) is 4.98 Å². The number of anilines is 1. The molecule has 0 unspecified atom stereocenters. The van der Waals surface area contributed by atoms with E-state index < -0.39 is 0 Å². The molecule has 1 aromatic carbocycles. The van der Waals surface area contributed by atoms with E-state index in [0.29, 0.717) is 18.1 Å². The highest BCUT2D eigenvalue weighted by Crippen LogP contribution is 2.30. The van der Waals surface area contributed by atoms with Crippen LogP contribution in [0.2, 0.25) is 0 Å². The number of aromatic nitrogens is 1. The number of hydrogen-bond acceptors (Lipinski definition) is 3. The maximum absolute atomic E-state index is 12.9. The zero-order valence-electron chi connectivity index (χ0n) is 13.0. The number of hydrogen-bond donors (Lipinski definition) is 0. The predicted octanol–water partition coefficient (Wildman–Crippen LogP) is 3.38. The highest BCUT2D eigenvalue weighted by atomic mass is 16.5. The predicted molar refractivity (Wildman–Crippen MR) is 86.6 cm³/mol. The molecule has 0 N–H and O–H groups in total. The van der Waals surface area contributed by atoms with Crippen LogP contribution < -0.4 is 9.64 Å². The van der Waals surface area contributed by atoms with Crippen LogP contribution in [0.25, 0.3) is 0 Å². The molecule has 0 saturated carbocycles. The van der Waals surface area contributed by atoms with Crippen LogP contribution in [0.4, 0.5) is 5.69 Å². The highest BCUT2D eigenvalue weighted by molar-refractivity contribution is 6.08. The fourth-order valence-corrected chi connectivity index (χ4v) is 2.89. The Balaban J connectivity index is 1.98. The van der Waals surface area contributed by atoms with Crippen molar-refractivity contribution in [2.45, 2.75) is 26.7 Å². The summed E-state index contributed by atoms with van der Waals surface area (Å²) in [5.74, 6) is 0.371. The van der Waals surface area contributed by atoms with Gasteiger partial charge in [-0.05, 0) is 50.5 Å². The molecule has 2 aromatic rings. The molecular formula is C18H20N2O2. The molecule has 22 heavy (non-hydrogen) atoms. The minimum atomic E-state index is -0.0404. The van der Waals surface area contributed by atoms with Crippen molar-refractivity contribution in [1.29, 1.82) is 0 Å². The molecule has 0 aliphatic carbocycles. The topological polar surface area (TPSA) is 42.4 Å². The van der Waals surface area contributed by atoms with Gasteiger partial charge >= 0.3 is 0 Å². The van der Waals surface area contributed by atoms with Gasteiger partial charge in [0, 0.05) is 18.4 Å². The third-order valence-electron chi connectivity index (χ3n) is 3.88. The van der Waals surface area contributed by atoms with Crippen LogP contribution >= 0.6 is 0 Å². The Kier molecular flexibility index (Phi) is 4.09. The number of amides is 1. The third kappa shape index (κ3) is 2.69. The molecule has 1 amide bonds. The molecule has 0 radical (unpaired) electrons. The lowest BCUT2D eigenvalue weighted by Gasteiger charge is -2.30. The Labute approximate surface area is 130 Å². The zero-order chi connectivity index (χ0) is 15.5. The molecule has 1 aromatic heterocycles. The summed E-state index contributed by atoms with van der Waals surface area (Å²) >= 11 is 0. The SMILES string of the molecule is CCOc1ncccc1C(=O)N1CCCc2cc(C)ccc21. The van der Waals surface area contributed by atoms with E-state index in [1.807, 2.05) is 17.9 Å². The average Bonchev–Trinajstić information content (AvgIpc) is 2.54. The molecule has 0 bridgehead atoms. The van der Waals surface area contributed by atoms with Gasteiger partial charge in [0.2, 0.25) is 5.88 Å². The summed E-state index contributed by atoms with van der Waals surface area (Å²) < 4.78 is 5.50. The summed E-state index contributed by atoms with van der Waals surface area (Å²) in [5.41, 5.74) is 4.00. The molecule has 0 saturated heterocycles. The van der Waals surface area contributed by atoms with Crippen LogP contribution in [0.1, 0.15) is 34.8 Å². The van der Waals surface area contributed by atoms with Gasteiger partial charge in [0.25, 0.3) is 5.91 Å². The standard InChI is InChI=1S/C18H20N2O2/c1-3-22-17-15(7-4-10-19-17)18(21)20-11-5-6-14-12-13(2)8-9-16(14)20/h4,7-10,12H,3,5-6,11H2,1-2H3. The van der Waals surface area contributed by atoms with Crippen LogP contribution in [0, 0.1) is 6.92 Å². The number of fused-ring (bicyclic) bond motifs is 1. The van der Waals surface area contributed by atoms with Gasteiger partial charge < -0.3 is 9.64 Å². The maximum atomic E-state index is 12.9. The van der Waals surface area contributed by atoms with E-state index in [9.17, 15) is 4.79 Å². The molecule has 2 heterocycles. The minimum Gasteiger partial charge on any atom is -0.477 e. The number of ether oxygens (including phenoxy) is 1. The summed E-state index contributed by atoms with van der Waals surface area (Å²) in [5, 5.41) is 0. The Morgan fingerprint density at radius 3 is 3.05 bits per heavy atom. The number of nitrogens with zero attached hydrogens (tertiary/aromatic N) is 2. The second-order valence-electron chi connectivity index (χ2n) is 5.48. The van der Waals surface area contributed by atoms with Crippen LogP contribution in [0.3, 0.4) is 0 Å². The fourth-order valence-electron chi connectivity index (χ4n) is 2.89. The fraction of sp³-hybridized carbons (Fsp3) is 0.333. The smallest absolute Gasteiger partial charge is 0.263 e. The number of benzene rings is 1. The van der Waals surface area contributed by atoms with Gasteiger partial charge in [0.1, 0.15) is 5.56 Å². The molecule has 4 heteroatoms. The highest BCUT2D eigenvalue weighted by Gasteiger charge is 2.26. The van der Waals surface area contributed by atoms with Crippen molar-refractivity contribution in [1.82, 2.24) is 4.98 Å². The summed E-state index contributed by atoms with van der Waals surface area (Å²) in [6, 6.07) is 9.82. The van der Waals surface area contributed by atoms with E-state index >= 15 is 0 Å². The number of carbonyl (C=O) groups excluding carboxylic acids is 1. The lowest BCUT2D eigenvalue weighted by molar-refractivity contribution is 0.0980. The Morgan fingerprint density at radius 2 is 2.23 bits per heavy atom. The van der Waals surface area contributed by atoms with Gasteiger partial charge in [-0.3, -0.25) is 4.79 Å². The molecular weight excluding hydrogens is 276 g/mol. The first kappa shape index (κ1) is 14.6. The minimum absolute atomic E-state index is 0.0404. The molecule has 1 aliphatic heterocycles. The normalized spacial score (nSPS) is 13.6. The van der Waals surface area contributed by atoms with Crippen LogP contribution in [-0.2, 0) is 6.42 Å². The van der Waals surface area contributed by atoms with E-state index in [4.69, 9.17) is 4.74 Å². The zero-order valence-corrected chi connectivity index (χ0v) is 13.0. The van der Waals surface area contributed by atoms with Gasteiger partial charge in [0.15, 0.2) is 0 Å². The van der Waals surface area contributed by atoms with Crippen LogP contribution in [-0.4, -0.2) is 24.0 Å². The van der Waals surface area contributed by atoms with Gasteiger partial charge in [-0.15, -0.1) is 0 Å². The Hall–Kier alpha value is -2.36. The van der Waals surface area contributed by atoms with Crippen molar-refractivity contribution in [3.8, 4) is 5.88 Å². The molecule has 1 aliphatic rings. The van der Waals surface area contributed by atoms with Crippen LogP contribution in [0.15, 0.2) is 36.5 Å². The van der Waals surface area contributed by atoms with Crippen molar-refractivity contribution >= 4 is 11.6 Å². The van der Waals surface area contributed by atoms with Crippen molar-refractivity contribution in [2.24, 2.45) is 0 Å².